The first-order chi connectivity index (χ1) is 11.0. The Balaban J connectivity index is 1.99. The molecule has 0 aliphatic rings. The number of nitrogens with two attached hydrogens (primary N) is 1. The van der Waals surface area contributed by atoms with Gasteiger partial charge in [0.1, 0.15) is 6.04 Å². The number of benzene rings is 2. The summed E-state index contributed by atoms with van der Waals surface area (Å²) in [7, 11) is 0. The molecule has 0 saturated carbocycles. The fourth-order valence-electron chi connectivity index (χ4n) is 2.24. The van der Waals surface area contributed by atoms with Gasteiger partial charge in [0.25, 0.3) is 0 Å². The van der Waals surface area contributed by atoms with Crippen LogP contribution in [0.5, 0.6) is 0 Å². The molecule has 0 aliphatic heterocycles. The van der Waals surface area contributed by atoms with Crippen LogP contribution in [0.15, 0.2) is 42.5 Å². The van der Waals surface area contributed by atoms with Crippen LogP contribution in [0.4, 0.5) is 5.69 Å². The van der Waals surface area contributed by atoms with Crippen molar-refractivity contribution in [2.24, 2.45) is 5.73 Å². The first-order valence-corrected chi connectivity index (χ1v) is 7.46. The molecule has 1 amide bonds. The monoisotopic (exact) mass is 315 g/mol. The van der Waals surface area contributed by atoms with E-state index in [-0.39, 0.29) is 18.4 Å². The summed E-state index contributed by atoms with van der Waals surface area (Å²) in [5.74, 6) is -1.43. The van der Waals surface area contributed by atoms with E-state index in [0.29, 0.717) is 12.2 Å². The van der Waals surface area contributed by atoms with Gasteiger partial charge in [0.15, 0.2) is 0 Å². The molecular formula is C17H21N3O3. The van der Waals surface area contributed by atoms with Crippen molar-refractivity contribution < 1.29 is 14.7 Å². The minimum absolute atomic E-state index is 0.158. The second kappa shape index (κ2) is 7.71. The van der Waals surface area contributed by atoms with Crippen LogP contribution in [0.1, 0.15) is 13.3 Å². The number of fused-ring (bicyclic) bond motifs is 1. The third kappa shape index (κ3) is 5.05. The molecule has 2 aromatic rings. The molecule has 0 fully saturated rings. The van der Waals surface area contributed by atoms with Gasteiger partial charge in [-0.1, -0.05) is 30.3 Å². The molecule has 0 saturated heterocycles. The van der Waals surface area contributed by atoms with E-state index in [1.54, 1.807) is 13.0 Å². The molecular weight excluding hydrogens is 294 g/mol. The van der Waals surface area contributed by atoms with Gasteiger partial charge in [-0.05, 0) is 29.8 Å². The van der Waals surface area contributed by atoms with E-state index in [9.17, 15) is 9.59 Å². The number of nitrogens with one attached hydrogen (secondary N) is 2. The number of hydrogen-bond donors (Lipinski definition) is 4. The summed E-state index contributed by atoms with van der Waals surface area (Å²) in [5, 5.41) is 16.8. The van der Waals surface area contributed by atoms with Crippen LogP contribution in [0.2, 0.25) is 0 Å². The van der Waals surface area contributed by atoms with Gasteiger partial charge in [-0.15, -0.1) is 0 Å². The van der Waals surface area contributed by atoms with Crippen LogP contribution in [-0.4, -0.2) is 35.6 Å². The predicted octanol–water partition coefficient (Wildman–Crippen LogP) is 1.56. The van der Waals surface area contributed by atoms with E-state index >= 15 is 0 Å². The summed E-state index contributed by atoms with van der Waals surface area (Å²) in [6, 6.07) is 12.2. The Morgan fingerprint density at radius 3 is 2.52 bits per heavy atom. The van der Waals surface area contributed by atoms with Crippen molar-refractivity contribution in [2.75, 3.05) is 11.9 Å². The van der Waals surface area contributed by atoms with Crippen molar-refractivity contribution in [1.82, 2.24) is 5.32 Å². The van der Waals surface area contributed by atoms with Crippen molar-refractivity contribution in [2.45, 2.75) is 25.4 Å². The Kier molecular flexibility index (Phi) is 5.67. The van der Waals surface area contributed by atoms with Gasteiger partial charge >= 0.3 is 5.97 Å². The molecule has 6 heteroatoms. The number of carbonyl (C=O) groups is 2. The average Bonchev–Trinajstić information content (AvgIpc) is 2.50. The summed E-state index contributed by atoms with van der Waals surface area (Å²) in [5.41, 5.74) is 6.24. The van der Waals surface area contributed by atoms with Crippen LogP contribution in [0, 0.1) is 0 Å². The molecule has 6 nitrogen and oxygen atoms in total. The molecule has 5 N–H and O–H groups in total. The quantitative estimate of drug-likeness (QED) is 0.620. The Morgan fingerprint density at radius 1 is 1.17 bits per heavy atom. The fraction of sp³-hybridized carbons (Fsp3) is 0.294. The molecule has 0 aliphatic carbocycles. The lowest BCUT2D eigenvalue weighted by molar-refractivity contribution is -0.141. The number of anilines is 1. The number of carbonyl (C=O) groups excluding carboxylic acids is 1. The van der Waals surface area contributed by atoms with Crippen LogP contribution in [-0.2, 0) is 9.59 Å². The zero-order valence-electron chi connectivity index (χ0n) is 13.0. The number of hydrogen-bond acceptors (Lipinski definition) is 4. The van der Waals surface area contributed by atoms with E-state index in [2.05, 4.69) is 10.6 Å². The van der Waals surface area contributed by atoms with E-state index in [0.717, 1.165) is 10.8 Å². The van der Waals surface area contributed by atoms with Crippen molar-refractivity contribution in [3.63, 3.8) is 0 Å². The molecule has 0 spiro atoms. The summed E-state index contributed by atoms with van der Waals surface area (Å²) in [4.78, 5) is 23.3. The smallest absolute Gasteiger partial charge is 0.321 e. The number of aliphatic carboxylic acids is 1. The second-order valence-electron chi connectivity index (χ2n) is 5.59. The van der Waals surface area contributed by atoms with Gasteiger partial charge in [-0.25, -0.2) is 0 Å². The van der Waals surface area contributed by atoms with Crippen molar-refractivity contribution >= 4 is 28.3 Å². The molecule has 2 atom stereocenters. The molecule has 0 radical (unpaired) electrons. The topological polar surface area (TPSA) is 104 Å². The van der Waals surface area contributed by atoms with Gasteiger partial charge in [-0.2, -0.15) is 0 Å². The number of carboxylic acids is 1. The normalized spacial score (nSPS) is 13.5. The Labute approximate surface area is 134 Å². The summed E-state index contributed by atoms with van der Waals surface area (Å²) >= 11 is 0. The van der Waals surface area contributed by atoms with Crippen molar-refractivity contribution in [1.29, 1.82) is 0 Å². The predicted molar refractivity (Wildman–Crippen MR) is 90.3 cm³/mol. The van der Waals surface area contributed by atoms with E-state index in [1.807, 2.05) is 36.4 Å². The minimum atomic E-state index is -1.07. The number of rotatable bonds is 7. The largest absolute Gasteiger partial charge is 0.480 e. The maximum Gasteiger partial charge on any atom is 0.321 e. The standard InChI is InChI=1S/C17H21N3O3/c1-11(18)10-19-15(17(22)23)9-16(21)20-14-7-6-12-4-2-3-5-13(12)8-14/h2-8,11,15,19H,9-10,18H2,1H3,(H,20,21)(H,22,23)/t11-,15+/m1/s1. The highest BCUT2D eigenvalue weighted by Gasteiger charge is 2.21. The third-order valence-electron chi connectivity index (χ3n) is 3.41. The molecule has 2 rings (SSSR count). The summed E-state index contributed by atoms with van der Waals surface area (Å²) in [6.07, 6.45) is -0.158. The maximum atomic E-state index is 12.1. The highest BCUT2D eigenvalue weighted by atomic mass is 16.4. The molecule has 23 heavy (non-hydrogen) atoms. The molecule has 0 heterocycles. The lowest BCUT2D eigenvalue weighted by atomic mass is 10.1. The molecule has 0 bridgehead atoms. The minimum Gasteiger partial charge on any atom is -0.480 e. The van der Waals surface area contributed by atoms with E-state index < -0.39 is 12.0 Å². The maximum absolute atomic E-state index is 12.1. The summed E-state index contributed by atoms with van der Waals surface area (Å²) in [6.45, 7) is 2.10. The van der Waals surface area contributed by atoms with Crippen molar-refractivity contribution in [3.05, 3.63) is 42.5 Å². The molecule has 2 aromatic carbocycles. The first-order valence-electron chi connectivity index (χ1n) is 7.46. The average molecular weight is 315 g/mol. The molecule has 0 unspecified atom stereocenters. The van der Waals surface area contributed by atoms with Gasteiger partial charge in [0.2, 0.25) is 5.91 Å². The highest BCUT2D eigenvalue weighted by molar-refractivity contribution is 5.96. The lowest BCUT2D eigenvalue weighted by Gasteiger charge is -2.16. The molecule has 0 aromatic heterocycles. The second-order valence-corrected chi connectivity index (χ2v) is 5.59. The fourth-order valence-corrected chi connectivity index (χ4v) is 2.24. The van der Waals surface area contributed by atoms with Crippen LogP contribution in [0.3, 0.4) is 0 Å². The highest BCUT2D eigenvalue weighted by Crippen LogP contribution is 2.19. The van der Waals surface area contributed by atoms with Gasteiger partial charge in [-0.3, -0.25) is 9.59 Å². The van der Waals surface area contributed by atoms with Crippen molar-refractivity contribution in [3.8, 4) is 0 Å². The zero-order chi connectivity index (χ0) is 16.8. The van der Waals surface area contributed by atoms with Gasteiger partial charge in [0, 0.05) is 18.3 Å². The SMILES string of the molecule is C[C@@H](N)CN[C@@H](CC(=O)Nc1ccc2ccccc2c1)C(=O)O. The van der Waals surface area contributed by atoms with E-state index in [4.69, 9.17) is 10.8 Å². The van der Waals surface area contributed by atoms with E-state index in [1.165, 1.54) is 0 Å². The van der Waals surface area contributed by atoms with Crippen LogP contribution >= 0.6 is 0 Å². The first kappa shape index (κ1) is 16.9. The Bertz CT molecular complexity index is 700. The van der Waals surface area contributed by atoms with Gasteiger partial charge < -0.3 is 21.5 Å². The molecule has 122 valence electrons. The number of amides is 1. The summed E-state index contributed by atoms with van der Waals surface area (Å²) < 4.78 is 0. The Morgan fingerprint density at radius 2 is 1.87 bits per heavy atom. The number of carboxylic acid groups (broad SMARTS) is 1. The zero-order valence-corrected chi connectivity index (χ0v) is 13.0. The Hall–Kier alpha value is -2.44. The third-order valence-corrected chi connectivity index (χ3v) is 3.41. The van der Waals surface area contributed by atoms with Gasteiger partial charge in [0.05, 0.1) is 6.42 Å². The van der Waals surface area contributed by atoms with Crippen LogP contribution in [0.25, 0.3) is 10.8 Å². The van der Waals surface area contributed by atoms with Crippen LogP contribution < -0.4 is 16.4 Å². The lowest BCUT2D eigenvalue weighted by Crippen LogP contribution is -2.44.